The Kier molecular flexibility index (Phi) is 5.67. The van der Waals surface area contributed by atoms with E-state index in [1.807, 2.05) is 12.1 Å². The van der Waals surface area contributed by atoms with Crippen LogP contribution in [0.3, 0.4) is 0 Å². The van der Waals surface area contributed by atoms with Gasteiger partial charge in [0.2, 0.25) is 0 Å². The molecule has 0 N–H and O–H groups in total. The van der Waals surface area contributed by atoms with Crippen molar-refractivity contribution in [2.24, 2.45) is 0 Å². The fraction of sp³-hybridized carbons (Fsp3) is 0.438. The Bertz CT molecular complexity index is 514. The van der Waals surface area contributed by atoms with Gasteiger partial charge >= 0.3 is 0 Å². The maximum atomic E-state index is 5.93. The SMILES string of the molecule is CN(C)C1=CC=[N+](Cc2ccc(Cl)cc2)C(C)(C)C1.[Cl-]. The molecule has 2 nitrogen and oxygen atoms in total. The monoisotopic (exact) mass is 312 g/mol. The molecule has 2 rings (SSSR count). The lowest BCUT2D eigenvalue weighted by Crippen LogP contribution is -3.00. The van der Waals surface area contributed by atoms with Crippen LogP contribution >= 0.6 is 11.6 Å². The third-order valence-electron chi connectivity index (χ3n) is 3.68. The molecule has 0 aliphatic carbocycles. The Balaban J connectivity index is 0.00000200. The van der Waals surface area contributed by atoms with Crippen LogP contribution in [-0.2, 0) is 6.54 Å². The van der Waals surface area contributed by atoms with E-state index >= 15 is 0 Å². The zero-order valence-electron chi connectivity index (χ0n) is 12.5. The molecule has 0 aromatic heterocycles. The number of benzene rings is 1. The second kappa shape index (κ2) is 6.64. The molecule has 20 heavy (non-hydrogen) atoms. The van der Waals surface area contributed by atoms with E-state index in [-0.39, 0.29) is 17.9 Å². The van der Waals surface area contributed by atoms with Gasteiger partial charge in [-0.05, 0) is 12.1 Å². The summed E-state index contributed by atoms with van der Waals surface area (Å²) in [6, 6.07) is 8.10. The average molecular weight is 313 g/mol. The van der Waals surface area contributed by atoms with Crippen molar-refractivity contribution in [3.63, 3.8) is 0 Å². The fourth-order valence-corrected chi connectivity index (χ4v) is 2.47. The Morgan fingerprint density at radius 3 is 2.30 bits per heavy atom. The van der Waals surface area contributed by atoms with Crippen LogP contribution in [0.1, 0.15) is 25.8 Å². The van der Waals surface area contributed by atoms with Crippen molar-refractivity contribution in [1.82, 2.24) is 4.90 Å². The molecule has 1 aliphatic heterocycles. The number of allylic oxidation sites excluding steroid dienone is 1. The van der Waals surface area contributed by atoms with E-state index in [0.29, 0.717) is 0 Å². The van der Waals surface area contributed by atoms with Crippen LogP contribution in [0.5, 0.6) is 0 Å². The highest BCUT2D eigenvalue weighted by molar-refractivity contribution is 6.30. The molecule has 1 heterocycles. The van der Waals surface area contributed by atoms with Gasteiger partial charge in [0.05, 0.1) is 6.42 Å². The molecular weight excluding hydrogens is 291 g/mol. The van der Waals surface area contributed by atoms with Crippen LogP contribution in [0.4, 0.5) is 0 Å². The van der Waals surface area contributed by atoms with Crippen molar-refractivity contribution in [1.29, 1.82) is 0 Å². The average Bonchev–Trinajstić information content (AvgIpc) is 2.33. The lowest BCUT2D eigenvalue weighted by atomic mass is 9.94. The van der Waals surface area contributed by atoms with Crippen molar-refractivity contribution >= 4 is 17.8 Å². The summed E-state index contributed by atoms with van der Waals surface area (Å²) in [5.74, 6) is 0. The highest BCUT2D eigenvalue weighted by Gasteiger charge is 2.34. The van der Waals surface area contributed by atoms with E-state index in [2.05, 4.69) is 61.8 Å². The maximum Gasteiger partial charge on any atom is 0.168 e. The van der Waals surface area contributed by atoms with Gasteiger partial charge in [0.15, 0.2) is 18.3 Å². The van der Waals surface area contributed by atoms with Gasteiger partial charge in [0.25, 0.3) is 0 Å². The zero-order chi connectivity index (χ0) is 14.0. The molecule has 0 fully saturated rings. The first kappa shape index (κ1) is 17.1. The molecule has 0 atom stereocenters. The summed E-state index contributed by atoms with van der Waals surface area (Å²) in [5.41, 5.74) is 2.79. The van der Waals surface area contributed by atoms with Gasteiger partial charge < -0.3 is 17.3 Å². The lowest BCUT2D eigenvalue weighted by molar-refractivity contribution is -0.612. The smallest absolute Gasteiger partial charge is 0.168 e. The molecule has 0 bridgehead atoms. The summed E-state index contributed by atoms with van der Waals surface area (Å²) in [6.45, 7) is 5.49. The van der Waals surface area contributed by atoms with E-state index in [9.17, 15) is 0 Å². The molecule has 0 saturated carbocycles. The van der Waals surface area contributed by atoms with Crippen molar-refractivity contribution in [2.45, 2.75) is 32.4 Å². The van der Waals surface area contributed by atoms with Crippen LogP contribution in [0.2, 0.25) is 5.02 Å². The highest BCUT2D eigenvalue weighted by Crippen LogP contribution is 2.25. The Morgan fingerprint density at radius 2 is 1.80 bits per heavy atom. The number of nitrogens with zero attached hydrogens (tertiary/aromatic N) is 2. The quantitative estimate of drug-likeness (QED) is 0.739. The van der Waals surface area contributed by atoms with Gasteiger partial charge in [0, 0.05) is 50.3 Å². The normalized spacial score (nSPS) is 16.9. The van der Waals surface area contributed by atoms with Crippen LogP contribution in [-0.4, -0.2) is 35.3 Å². The first-order valence-corrected chi connectivity index (χ1v) is 6.99. The topological polar surface area (TPSA) is 6.25 Å². The summed E-state index contributed by atoms with van der Waals surface area (Å²) in [4.78, 5) is 2.19. The summed E-state index contributed by atoms with van der Waals surface area (Å²) in [5, 5.41) is 0.792. The van der Waals surface area contributed by atoms with Gasteiger partial charge in [-0.25, -0.2) is 4.58 Å². The second-order valence-corrected chi connectivity index (χ2v) is 6.38. The fourth-order valence-electron chi connectivity index (χ4n) is 2.34. The van der Waals surface area contributed by atoms with Crippen molar-refractivity contribution in [2.75, 3.05) is 14.1 Å². The molecule has 1 aliphatic rings. The number of hydrogen-bond donors (Lipinski definition) is 0. The van der Waals surface area contributed by atoms with E-state index in [1.54, 1.807) is 0 Å². The molecule has 0 radical (unpaired) electrons. The standard InChI is InChI=1S/C16H22ClN2.ClH/c1-16(2)11-15(18(3)4)9-10-19(16)12-13-5-7-14(17)8-6-13;/h5-10H,11-12H2,1-4H3;1H/q+1;/p-1. The molecule has 0 unspecified atom stereocenters. The summed E-state index contributed by atoms with van der Waals surface area (Å²) >= 11 is 5.93. The molecule has 4 heteroatoms. The number of rotatable bonds is 3. The third-order valence-corrected chi connectivity index (χ3v) is 3.93. The van der Waals surface area contributed by atoms with E-state index in [0.717, 1.165) is 18.0 Å². The zero-order valence-corrected chi connectivity index (χ0v) is 14.0. The number of hydrogen-bond acceptors (Lipinski definition) is 1. The van der Waals surface area contributed by atoms with Crippen LogP contribution in [0.25, 0.3) is 0 Å². The lowest BCUT2D eigenvalue weighted by Gasteiger charge is -2.30. The second-order valence-electron chi connectivity index (χ2n) is 5.95. The molecule has 0 amide bonds. The molecule has 0 spiro atoms. The van der Waals surface area contributed by atoms with E-state index < -0.39 is 0 Å². The maximum absolute atomic E-state index is 5.93. The van der Waals surface area contributed by atoms with E-state index in [1.165, 1.54) is 11.3 Å². The van der Waals surface area contributed by atoms with Gasteiger partial charge in [-0.1, -0.05) is 23.7 Å². The van der Waals surface area contributed by atoms with Crippen molar-refractivity contribution < 1.29 is 17.0 Å². The molecular formula is C16H22Cl2N2. The number of halogens is 2. The van der Waals surface area contributed by atoms with Crippen LogP contribution < -0.4 is 12.4 Å². The van der Waals surface area contributed by atoms with Gasteiger partial charge in [-0.2, -0.15) is 0 Å². The Labute approximate surface area is 133 Å². The first-order chi connectivity index (χ1) is 8.88. The predicted molar refractivity (Wildman–Crippen MR) is 81.9 cm³/mol. The summed E-state index contributed by atoms with van der Waals surface area (Å²) < 4.78 is 2.39. The van der Waals surface area contributed by atoms with Crippen molar-refractivity contribution in [3.05, 3.63) is 46.6 Å². The molecule has 1 aromatic rings. The third kappa shape index (κ3) is 4.00. The van der Waals surface area contributed by atoms with Gasteiger partial charge in [-0.3, -0.25) is 0 Å². The Hall–Kier alpha value is -0.990. The van der Waals surface area contributed by atoms with E-state index in [4.69, 9.17) is 11.6 Å². The van der Waals surface area contributed by atoms with Crippen LogP contribution in [0.15, 0.2) is 36.0 Å². The minimum Gasteiger partial charge on any atom is -1.00 e. The minimum atomic E-state index is 0. The largest absolute Gasteiger partial charge is 1.00 e. The molecule has 110 valence electrons. The first-order valence-electron chi connectivity index (χ1n) is 6.61. The minimum absolute atomic E-state index is 0. The summed E-state index contributed by atoms with van der Waals surface area (Å²) in [6.07, 6.45) is 5.47. The van der Waals surface area contributed by atoms with Crippen LogP contribution in [0, 0.1) is 0 Å². The summed E-state index contributed by atoms with van der Waals surface area (Å²) in [7, 11) is 4.20. The Morgan fingerprint density at radius 1 is 1.20 bits per heavy atom. The highest BCUT2D eigenvalue weighted by atomic mass is 35.5. The predicted octanol–water partition coefficient (Wildman–Crippen LogP) is 0.555. The molecule has 1 aromatic carbocycles. The van der Waals surface area contributed by atoms with Crippen molar-refractivity contribution in [3.8, 4) is 0 Å². The van der Waals surface area contributed by atoms with Gasteiger partial charge in [-0.15, -0.1) is 0 Å². The van der Waals surface area contributed by atoms with Gasteiger partial charge in [0.1, 0.15) is 0 Å². The molecule has 0 saturated heterocycles.